The van der Waals surface area contributed by atoms with Crippen LogP contribution in [0.2, 0.25) is 0 Å². The van der Waals surface area contributed by atoms with Gasteiger partial charge in [0.2, 0.25) is 0 Å². The first-order chi connectivity index (χ1) is 16.6. The summed E-state index contributed by atoms with van der Waals surface area (Å²) in [7, 11) is -4.27. The molecule has 5 rings (SSSR count). The molecule has 8 nitrogen and oxygen atoms in total. The maximum atomic E-state index is 15.2. The van der Waals surface area contributed by atoms with E-state index in [1.807, 2.05) is 4.90 Å². The molecule has 2 N–H and O–H groups in total. The fourth-order valence-electron chi connectivity index (χ4n) is 4.79. The van der Waals surface area contributed by atoms with Gasteiger partial charge in [-0.3, -0.25) is 14.7 Å². The lowest BCUT2D eigenvalue weighted by Gasteiger charge is -2.45. The van der Waals surface area contributed by atoms with Crippen molar-refractivity contribution in [3.63, 3.8) is 0 Å². The van der Waals surface area contributed by atoms with Crippen molar-refractivity contribution >= 4 is 26.5 Å². The van der Waals surface area contributed by atoms with Gasteiger partial charge in [-0.2, -0.15) is 18.3 Å². The Bertz CT molecular complexity index is 1280. The number of alkyl halides is 3. The van der Waals surface area contributed by atoms with Gasteiger partial charge in [-0.1, -0.05) is 0 Å². The van der Waals surface area contributed by atoms with Crippen molar-refractivity contribution in [3.05, 3.63) is 53.0 Å². The molecule has 188 valence electrons. The summed E-state index contributed by atoms with van der Waals surface area (Å²) in [6.45, 7) is 0.345. The van der Waals surface area contributed by atoms with Gasteiger partial charge in [-0.05, 0) is 25.5 Å². The zero-order valence-corrected chi connectivity index (χ0v) is 19.8. The van der Waals surface area contributed by atoms with E-state index < -0.39 is 44.9 Å². The molecule has 0 aliphatic carbocycles. The minimum absolute atomic E-state index is 0.0861. The van der Waals surface area contributed by atoms with Crippen LogP contribution < -0.4 is 9.46 Å². The molecule has 4 heterocycles. The highest BCUT2D eigenvalue weighted by atomic mass is 32.2. The molecule has 0 spiro atoms. The molecule has 0 bridgehead atoms. The first-order valence-corrected chi connectivity index (χ1v) is 13.2. The molecule has 0 radical (unpaired) electrons. The third-order valence-electron chi connectivity index (χ3n) is 6.43. The van der Waals surface area contributed by atoms with E-state index in [1.54, 1.807) is 11.6 Å². The van der Waals surface area contributed by atoms with Crippen molar-refractivity contribution in [2.45, 2.75) is 42.4 Å². The summed E-state index contributed by atoms with van der Waals surface area (Å²) in [4.78, 5) is 5.18. The topological polar surface area (TPSA) is 100 Å². The van der Waals surface area contributed by atoms with Gasteiger partial charge < -0.3 is 4.74 Å². The molecular weight excluding hydrogens is 510 g/mol. The number of nitrogens with one attached hydrogen (secondary N) is 2. The lowest BCUT2D eigenvalue weighted by molar-refractivity contribution is -0.192. The number of aromatic amines is 1. The quantitative estimate of drug-likeness (QED) is 0.465. The number of H-pyrrole nitrogens is 1. The van der Waals surface area contributed by atoms with Gasteiger partial charge in [0, 0.05) is 53.5 Å². The number of fused-ring (bicyclic) bond motifs is 1. The van der Waals surface area contributed by atoms with Gasteiger partial charge in [0.05, 0.1) is 18.7 Å². The van der Waals surface area contributed by atoms with E-state index in [9.17, 15) is 21.6 Å². The Balaban J connectivity index is 1.48. The van der Waals surface area contributed by atoms with Crippen LogP contribution in [0.4, 0.5) is 22.7 Å². The molecule has 1 unspecified atom stereocenters. The molecule has 3 atom stereocenters. The second-order valence-corrected chi connectivity index (χ2v) is 11.0. The minimum atomic E-state index is -4.32. The number of halogens is 4. The number of thiazole rings is 1. The van der Waals surface area contributed by atoms with Crippen LogP contribution >= 0.6 is 11.3 Å². The Hall–Kier alpha value is -2.71. The Morgan fingerprint density at radius 1 is 1.23 bits per heavy atom. The minimum Gasteiger partial charge on any atom is -0.493 e. The van der Waals surface area contributed by atoms with E-state index in [4.69, 9.17) is 4.74 Å². The van der Waals surface area contributed by atoms with Crippen LogP contribution in [0.3, 0.4) is 0 Å². The fourth-order valence-corrected chi connectivity index (χ4v) is 6.65. The summed E-state index contributed by atoms with van der Waals surface area (Å²) < 4.78 is 89.2. The van der Waals surface area contributed by atoms with Crippen LogP contribution in [0.25, 0.3) is 0 Å². The molecular formula is C21H21F4N5O3S2. The second-order valence-electron chi connectivity index (χ2n) is 8.46. The van der Waals surface area contributed by atoms with Crippen LogP contribution in [0, 0.1) is 11.7 Å². The molecule has 2 aliphatic heterocycles. The average molecular weight is 532 g/mol. The Morgan fingerprint density at radius 2 is 2.06 bits per heavy atom. The Morgan fingerprint density at radius 3 is 2.74 bits per heavy atom. The van der Waals surface area contributed by atoms with Crippen LogP contribution in [0.1, 0.15) is 42.5 Å². The van der Waals surface area contributed by atoms with Gasteiger partial charge >= 0.3 is 6.18 Å². The highest BCUT2D eigenvalue weighted by molar-refractivity contribution is 7.93. The smallest absolute Gasteiger partial charge is 0.391 e. The van der Waals surface area contributed by atoms with E-state index in [0.29, 0.717) is 17.5 Å². The number of anilines is 1. The highest BCUT2D eigenvalue weighted by Gasteiger charge is 2.47. The molecule has 1 fully saturated rings. The fraction of sp³-hybridized carbons (Fsp3) is 0.429. The van der Waals surface area contributed by atoms with Crippen LogP contribution in [-0.4, -0.2) is 47.8 Å². The number of nitrogens with zero attached hydrogens (tertiary/aromatic N) is 3. The van der Waals surface area contributed by atoms with E-state index in [2.05, 4.69) is 19.9 Å². The third kappa shape index (κ3) is 4.74. The van der Waals surface area contributed by atoms with Gasteiger partial charge in [-0.15, -0.1) is 11.3 Å². The number of benzene rings is 1. The van der Waals surface area contributed by atoms with Crippen molar-refractivity contribution in [2.24, 2.45) is 5.92 Å². The number of rotatable bonds is 5. The van der Waals surface area contributed by atoms with Gasteiger partial charge in [-0.25, -0.2) is 17.8 Å². The number of hydrogen-bond donors (Lipinski definition) is 2. The summed E-state index contributed by atoms with van der Waals surface area (Å²) >= 11 is 1.05. The van der Waals surface area contributed by atoms with E-state index in [-0.39, 0.29) is 36.9 Å². The Kier molecular flexibility index (Phi) is 6.21. The molecule has 1 saturated heterocycles. The third-order valence-corrected chi connectivity index (χ3v) is 8.60. The average Bonchev–Trinajstić information content (AvgIpc) is 3.51. The predicted octanol–water partition coefficient (Wildman–Crippen LogP) is 4.65. The first-order valence-electron chi connectivity index (χ1n) is 10.8. The normalized spacial score (nSPS) is 23.5. The maximum absolute atomic E-state index is 15.2. The number of hydrogen-bond acceptors (Lipinski definition) is 7. The first kappa shape index (κ1) is 24.0. The zero-order chi connectivity index (χ0) is 24.8. The van der Waals surface area contributed by atoms with Gasteiger partial charge in [0.15, 0.2) is 5.13 Å². The molecule has 2 aliphatic rings. The van der Waals surface area contributed by atoms with Crippen LogP contribution in [0.15, 0.2) is 41.0 Å². The van der Waals surface area contributed by atoms with E-state index in [1.165, 1.54) is 12.4 Å². The van der Waals surface area contributed by atoms with Gasteiger partial charge in [0.1, 0.15) is 16.5 Å². The largest absolute Gasteiger partial charge is 0.493 e. The van der Waals surface area contributed by atoms with Crippen LogP contribution in [0.5, 0.6) is 5.75 Å². The van der Waals surface area contributed by atoms with Gasteiger partial charge in [0.25, 0.3) is 10.0 Å². The molecule has 3 aromatic rings. The number of aromatic nitrogens is 3. The molecule has 1 aromatic carbocycles. The van der Waals surface area contributed by atoms with Crippen molar-refractivity contribution in [1.29, 1.82) is 0 Å². The summed E-state index contributed by atoms with van der Waals surface area (Å²) in [5.41, 5.74) is 1.01. The van der Waals surface area contributed by atoms with Crippen molar-refractivity contribution in [2.75, 3.05) is 17.9 Å². The highest BCUT2D eigenvalue weighted by Crippen LogP contribution is 2.48. The van der Waals surface area contributed by atoms with Crippen molar-refractivity contribution in [3.8, 4) is 5.75 Å². The number of likely N-dealkylation sites (tertiary alicyclic amines) is 1. The predicted molar refractivity (Wildman–Crippen MR) is 119 cm³/mol. The van der Waals surface area contributed by atoms with Crippen LogP contribution in [-0.2, 0) is 10.0 Å². The number of ether oxygens (including phenoxy) is 1. The summed E-state index contributed by atoms with van der Waals surface area (Å²) in [6.07, 6.45) is 0.342. The zero-order valence-electron chi connectivity index (χ0n) is 18.1. The summed E-state index contributed by atoms with van der Waals surface area (Å²) in [5, 5.41) is 8.22. The number of piperidine rings is 1. The molecule has 14 heteroatoms. The Labute approximate surface area is 202 Å². The number of sulfonamides is 1. The van der Waals surface area contributed by atoms with E-state index >= 15 is 4.39 Å². The molecule has 0 saturated carbocycles. The maximum Gasteiger partial charge on any atom is 0.391 e. The summed E-state index contributed by atoms with van der Waals surface area (Å²) in [5.74, 6) is -2.25. The lowest BCUT2D eigenvalue weighted by atomic mass is 9.84. The molecule has 35 heavy (non-hydrogen) atoms. The molecule has 2 aromatic heterocycles. The second kappa shape index (κ2) is 9.06. The van der Waals surface area contributed by atoms with Crippen molar-refractivity contribution < 1.29 is 30.7 Å². The van der Waals surface area contributed by atoms with Crippen molar-refractivity contribution in [1.82, 2.24) is 20.1 Å². The standard InChI is InChI=1S/C21H21F4N5O3S2/c22-15-8-14-16(30-4-1-13(21(23,24)25)7-17(30)12-10-27-28-11-12)2-5-33-18(14)9-19(15)35(31,32)29-20-26-3-6-34-20/h3,6,8-11,13,16-17H,1-2,4-5,7H2,(H,26,29)(H,27,28)/t13?,16-,17+/m1/s1. The molecule has 0 amide bonds. The SMILES string of the molecule is O=S(=O)(Nc1nccs1)c1cc2c(cc1F)[C@H](N1CCC(C(F)(F)F)C[C@H]1c1cn[nH]c1)CCO2. The lowest BCUT2D eigenvalue weighted by Crippen LogP contribution is -2.44. The monoisotopic (exact) mass is 531 g/mol. The summed E-state index contributed by atoms with van der Waals surface area (Å²) in [6, 6.07) is 1.19. The van der Waals surface area contributed by atoms with E-state index in [0.717, 1.165) is 23.5 Å².